The van der Waals surface area contributed by atoms with Crippen LogP contribution in [0.2, 0.25) is 0 Å². The van der Waals surface area contributed by atoms with E-state index in [-0.39, 0.29) is 37.4 Å². The molecule has 0 bridgehead atoms. The molecule has 2 fully saturated rings. The van der Waals surface area contributed by atoms with Gasteiger partial charge in [-0.05, 0) is 54.0 Å². The van der Waals surface area contributed by atoms with Gasteiger partial charge in [0.05, 0.1) is 50.4 Å². The predicted octanol–water partition coefficient (Wildman–Crippen LogP) is 3.68. The minimum absolute atomic E-state index is 0.00321. The number of aliphatic hydroxyl groups is 1. The van der Waals surface area contributed by atoms with Crippen molar-refractivity contribution in [2.24, 2.45) is 5.92 Å². The van der Waals surface area contributed by atoms with Crippen LogP contribution in [0.4, 0.5) is 5.69 Å². The van der Waals surface area contributed by atoms with Gasteiger partial charge in [-0.25, -0.2) is 0 Å². The minimum Gasteiger partial charge on any atom is -0.490 e. The number of nitrogens with zero attached hydrogens (tertiary/aromatic N) is 1. The van der Waals surface area contributed by atoms with Crippen LogP contribution in [0.3, 0.4) is 0 Å². The number of hydrogen-bond donors (Lipinski definition) is 2. The Morgan fingerprint density at radius 3 is 2.48 bits per heavy atom. The van der Waals surface area contributed by atoms with Gasteiger partial charge in [0.15, 0.2) is 0 Å². The van der Waals surface area contributed by atoms with Crippen LogP contribution in [0, 0.1) is 5.92 Å². The fraction of sp³-hybridized carbons (Fsp3) is 0.636. The third kappa shape index (κ3) is 8.02. The second-order valence-electron chi connectivity index (χ2n) is 11.7. The Hall–Kier alpha value is -2.24. The molecular formula is C33H48N2O7. The third-order valence-corrected chi connectivity index (χ3v) is 8.53. The highest BCUT2D eigenvalue weighted by atomic mass is 16.5. The van der Waals surface area contributed by atoms with Crippen molar-refractivity contribution >= 4 is 5.69 Å². The maximum Gasteiger partial charge on any atom is 0.142 e. The highest BCUT2D eigenvalue weighted by Gasteiger charge is 2.37. The lowest BCUT2D eigenvalue weighted by Crippen LogP contribution is -2.51. The third-order valence-electron chi connectivity index (χ3n) is 8.53. The molecule has 232 valence electrons. The van der Waals surface area contributed by atoms with Gasteiger partial charge in [-0.3, -0.25) is 0 Å². The van der Waals surface area contributed by atoms with Crippen molar-refractivity contribution in [1.29, 1.82) is 0 Å². The van der Waals surface area contributed by atoms with Gasteiger partial charge in [0.2, 0.25) is 0 Å². The Morgan fingerprint density at radius 1 is 0.976 bits per heavy atom. The first kappa shape index (κ1) is 31.2. The van der Waals surface area contributed by atoms with Crippen molar-refractivity contribution in [2.75, 3.05) is 78.8 Å². The summed E-state index contributed by atoms with van der Waals surface area (Å²) in [5.41, 5.74) is 4.61. The number of aliphatic hydroxyl groups excluding tert-OH is 1. The van der Waals surface area contributed by atoms with Crippen LogP contribution < -0.4 is 15.0 Å². The van der Waals surface area contributed by atoms with E-state index in [1.807, 2.05) is 0 Å². The molecule has 0 amide bonds. The molecule has 2 heterocycles. The molecule has 2 N–H and O–H groups in total. The predicted molar refractivity (Wildman–Crippen MR) is 161 cm³/mol. The van der Waals surface area contributed by atoms with Gasteiger partial charge in [-0.15, -0.1) is 0 Å². The fourth-order valence-electron chi connectivity index (χ4n) is 6.24. The van der Waals surface area contributed by atoms with Gasteiger partial charge in [0.25, 0.3) is 0 Å². The summed E-state index contributed by atoms with van der Waals surface area (Å²) in [7, 11) is 5.13. The van der Waals surface area contributed by atoms with Gasteiger partial charge >= 0.3 is 0 Å². The van der Waals surface area contributed by atoms with Crippen molar-refractivity contribution in [3.63, 3.8) is 0 Å². The average Bonchev–Trinajstić information content (AvgIpc) is 3.85. The number of benzene rings is 2. The highest BCUT2D eigenvalue weighted by Crippen LogP contribution is 2.43. The Balaban J connectivity index is 1.31. The molecule has 9 heteroatoms. The van der Waals surface area contributed by atoms with Crippen molar-refractivity contribution < 1.29 is 33.5 Å². The van der Waals surface area contributed by atoms with E-state index in [1.54, 1.807) is 21.3 Å². The maximum absolute atomic E-state index is 10.3. The van der Waals surface area contributed by atoms with Gasteiger partial charge in [0, 0.05) is 53.5 Å². The normalized spacial score (nSPS) is 23.7. The molecule has 2 aliphatic heterocycles. The number of methoxy groups -OCH3 is 3. The molecule has 0 spiro atoms. The quantitative estimate of drug-likeness (QED) is 0.287. The molecule has 1 saturated carbocycles. The number of rotatable bonds is 16. The zero-order valence-corrected chi connectivity index (χ0v) is 25.3. The van der Waals surface area contributed by atoms with Crippen LogP contribution in [-0.2, 0) is 30.3 Å². The second-order valence-corrected chi connectivity index (χ2v) is 11.7. The lowest BCUT2D eigenvalue weighted by Gasteiger charge is -2.39. The zero-order chi connectivity index (χ0) is 29.3. The number of piperidine rings is 1. The van der Waals surface area contributed by atoms with Crippen LogP contribution in [-0.4, -0.2) is 97.4 Å². The van der Waals surface area contributed by atoms with E-state index in [4.69, 9.17) is 28.4 Å². The van der Waals surface area contributed by atoms with Gasteiger partial charge < -0.3 is 43.7 Å². The molecule has 5 atom stereocenters. The Kier molecular flexibility index (Phi) is 11.5. The molecule has 0 radical (unpaired) electrons. The summed E-state index contributed by atoms with van der Waals surface area (Å²) >= 11 is 0. The fourth-order valence-corrected chi connectivity index (χ4v) is 6.24. The largest absolute Gasteiger partial charge is 0.490 e. The Morgan fingerprint density at radius 2 is 1.76 bits per heavy atom. The molecule has 2 aromatic carbocycles. The van der Waals surface area contributed by atoms with Crippen LogP contribution >= 0.6 is 0 Å². The molecule has 0 aromatic heterocycles. The van der Waals surface area contributed by atoms with Gasteiger partial charge in [-0.1, -0.05) is 30.3 Å². The summed E-state index contributed by atoms with van der Waals surface area (Å²) in [6.45, 7) is 5.55. The van der Waals surface area contributed by atoms with Gasteiger partial charge in [-0.2, -0.15) is 0 Å². The van der Waals surface area contributed by atoms with Gasteiger partial charge in [0.1, 0.15) is 18.5 Å². The molecule has 1 unspecified atom stereocenters. The standard InChI is InChI=1S/C33H48N2O7/c1-37-15-4-13-35-14-16-40-29-12-5-23(17-28(29)35)20-41-30-18-34-19-31(42-22-27(36)21-38-2)32(30)24-6-8-25(9-7-24)33(39-3)26-10-11-26/h5-9,12,17,26-27,30-34,36H,4,10-11,13-16,18-22H2,1-3H3/t27?,30-,31+,32+,33-/m0/s1. The minimum atomic E-state index is -0.676. The molecule has 1 aliphatic carbocycles. The summed E-state index contributed by atoms with van der Waals surface area (Å²) in [4.78, 5) is 2.37. The summed E-state index contributed by atoms with van der Waals surface area (Å²) in [6.07, 6.45) is 2.63. The molecule has 5 rings (SSSR count). The van der Waals surface area contributed by atoms with E-state index >= 15 is 0 Å². The van der Waals surface area contributed by atoms with E-state index in [1.165, 1.54) is 24.0 Å². The van der Waals surface area contributed by atoms with E-state index in [2.05, 4.69) is 52.7 Å². The van der Waals surface area contributed by atoms with E-state index < -0.39 is 6.10 Å². The van der Waals surface area contributed by atoms with Crippen molar-refractivity contribution in [1.82, 2.24) is 5.32 Å². The second kappa shape index (κ2) is 15.5. The van der Waals surface area contributed by atoms with Crippen LogP contribution in [0.5, 0.6) is 5.75 Å². The van der Waals surface area contributed by atoms with Crippen LogP contribution in [0.1, 0.15) is 48.0 Å². The molecular weight excluding hydrogens is 536 g/mol. The van der Waals surface area contributed by atoms with E-state index in [0.29, 0.717) is 32.2 Å². The zero-order valence-electron chi connectivity index (χ0n) is 25.3. The SMILES string of the molecule is COCCCN1CCOc2ccc(CO[C@H]3CNC[C@@H](OCC(O)COC)[C@@H]3c3ccc([C@H](OC)C4CC4)cc3)cc21. The topological polar surface area (TPSA) is 90.9 Å². The molecule has 3 aliphatic rings. The molecule has 9 nitrogen and oxygen atoms in total. The van der Waals surface area contributed by atoms with E-state index in [9.17, 15) is 5.11 Å². The smallest absolute Gasteiger partial charge is 0.142 e. The van der Waals surface area contributed by atoms with E-state index in [0.717, 1.165) is 43.1 Å². The van der Waals surface area contributed by atoms with Crippen molar-refractivity contribution in [2.45, 2.75) is 56.2 Å². The summed E-state index contributed by atoms with van der Waals surface area (Å²) < 4.78 is 35.1. The Bertz CT molecular complexity index is 1100. The lowest BCUT2D eigenvalue weighted by atomic mass is 9.84. The van der Waals surface area contributed by atoms with Crippen molar-refractivity contribution in [3.05, 3.63) is 59.2 Å². The molecule has 42 heavy (non-hydrogen) atoms. The summed E-state index contributed by atoms with van der Waals surface area (Å²) in [6, 6.07) is 15.1. The number of anilines is 1. The monoisotopic (exact) mass is 584 g/mol. The highest BCUT2D eigenvalue weighted by molar-refractivity contribution is 5.61. The number of fused-ring (bicyclic) bond motifs is 1. The summed E-state index contributed by atoms with van der Waals surface area (Å²) in [5, 5.41) is 13.8. The maximum atomic E-state index is 10.3. The molecule has 2 aromatic rings. The van der Waals surface area contributed by atoms with Crippen molar-refractivity contribution in [3.8, 4) is 5.75 Å². The number of nitrogens with one attached hydrogen (secondary N) is 1. The first-order chi connectivity index (χ1) is 20.6. The molecule has 1 saturated heterocycles. The summed E-state index contributed by atoms with van der Waals surface area (Å²) in [5.74, 6) is 1.54. The first-order valence-corrected chi connectivity index (χ1v) is 15.3. The van der Waals surface area contributed by atoms with Crippen LogP contribution in [0.15, 0.2) is 42.5 Å². The van der Waals surface area contributed by atoms with Crippen LogP contribution in [0.25, 0.3) is 0 Å². The lowest BCUT2D eigenvalue weighted by molar-refractivity contribution is -0.0856. The Labute approximate surface area is 250 Å². The number of hydrogen-bond acceptors (Lipinski definition) is 9. The number of ether oxygens (including phenoxy) is 6. The first-order valence-electron chi connectivity index (χ1n) is 15.3. The average molecular weight is 585 g/mol.